The number of rotatable bonds is 2. The van der Waals surface area contributed by atoms with Crippen molar-refractivity contribution in [1.82, 2.24) is 0 Å². The summed E-state index contributed by atoms with van der Waals surface area (Å²) in [6.45, 7) is 0. The van der Waals surface area contributed by atoms with Crippen LogP contribution in [0.3, 0.4) is 0 Å². The normalized spacial score (nSPS) is 8.17. The van der Waals surface area contributed by atoms with Crippen LogP contribution < -0.4 is 11.5 Å². The van der Waals surface area contributed by atoms with E-state index in [4.69, 9.17) is 31.9 Å². The Kier molecular flexibility index (Phi) is 8.35. The summed E-state index contributed by atoms with van der Waals surface area (Å²) < 4.78 is 0. The highest BCUT2D eigenvalue weighted by Crippen LogP contribution is 2.31. The molecule has 0 fully saturated rings. The molecule has 6 N–H and O–H groups in total. The smallest absolute Gasteiger partial charge is 0.279 e. The zero-order chi connectivity index (χ0) is 17.8. The third-order valence-electron chi connectivity index (χ3n) is 2.44. The first-order valence-electron chi connectivity index (χ1n) is 5.88. The minimum Gasteiger partial charge on any atom is -0.399 e. The third kappa shape index (κ3) is 6.46. The first-order valence-corrected chi connectivity index (χ1v) is 5.88. The molecule has 0 aliphatic rings. The molecule has 0 atom stereocenters. The number of nitro groups is 1. The molecule has 0 amide bonds. The molecule has 118 valence electrons. The van der Waals surface area contributed by atoms with E-state index in [-0.39, 0.29) is 5.69 Å². The predicted molar refractivity (Wildman–Crippen MR) is 84.2 cm³/mol. The lowest BCUT2D eigenvalue weighted by atomic mass is 10.0. The van der Waals surface area contributed by atoms with Gasteiger partial charge in [-0.3, -0.25) is 10.1 Å². The van der Waals surface area contributed by atoms with Gasteiger partial charge in [0, 0.05) is 17.4 Å². The Morgan fingerprint density at radius 2 is 1.35 bits per heavy atom. The van der Waals surface area contributed by atoms with Crippen molar-refractivity contribution in [2.24, 2.45) is 0 Å². The molecule has 0 saturated heterocycles. The number of nitrogens with zero attached hydrogens (tertiary/aromatic N) is 1. The van der Waals surface area contributed by atoms with Crippen molar-refractivity contribution in [3.8, 4) is 11.1 Å². The largest absolute Gasteiger partial charge is 0.399 e. The van der Waals surface area contributed by atoms with E-state index < -0.39 is 4.92 Å². The third-order valence-corrected chi connectivity index (χ3v) is 2.44. The molecule has 23 heavy (non-hydrogen) atoms. The Labute approximate surface area is 130 Å². The fourth-order valence-corrected chi connectivity index (χ4v) is 1.61. The van der Waals surface area contributed by atoms with E-state index in [9.17, 15) is 10.1 Å². The van der Waals surface area contributed by atoms with Gasteiger partial charge in [0.25, 0.3) is 5.69 Å². The zero-order valence-electron chi connectivity index (χ0n) is 11.8. The summed E-state index contributed by atoms with van der Waals surface area (Å²) in [6.07, 6.45) is 1.50. The standard InChI is InChI=1S/C12H11N3O2.2CHNO/c13-9-3-1-8(2-4-9)11-6-5-10(14)7-12(11)15(16)17;2*2-1-3/h1-7H,13-14H2;2*2H. The second-order valence-electron chi connectivity index (χ2n) is 3.86. The van der Waals surface area contributed by atoms with Crippen LogP contribution in [0.4, 0.5) is 17.1 Å². The lowest BCUT2D eigenvalue weighted by molar-refractivity contribution is -0.384. The average Bonchev–Trinajstić information content (AvgIpc) is 2.50. The number of nitro benzene ring substituents is 1. The number of nitrogen functional groups attached to an aromatic ring is 2. The Balaban J connectivity index is 0.000000704. The fourth-order valence-electron chi connectivity index (χ4n) is 1.61. The lowest BCUT2D eigenvalue weighted by Crippen LogP contribution is -1.94. The van der Waals surface area contributed by atoms with Gasteiger partial charge in [-0.1, -0.05) is 12.1 Å². The molecule has 0 aliphatic carbocycles. The Hall–Kier alpha value is -3.80. The van der Waals surface area contributed by atoms with Gasteiger partial charge in [-0.05, 0) is 29.8 Å². The van der Waals surface area contributed by atoms with Crippen LogP contribution in [0.5, 0.6) is 0 Å². The van der Waals surface area contributed by atoms with Gasteiger partial charge in [-0.15, -0.1) is 0 Å². The van der Waals surface area contributed by atoms with Crippen LogP contribution in [-0.2, 0) is 9.59 Å². The molecule has 0 aromatic heterocycles. The van der Waals surface area contributed by atoms with Crippen molar-refractivity contribution in [3.05, 3.63) is 52.6 Å². The molecule has 2 aromatic rings. The highest BCUT2D eigenvalue weighted by Gasteiger charge is 2.15. The van der Waals surface area contributed by atoms with E-state index in [1.54, 1.807) is 36.4 Å². The summed E-state index contributed by atoms with van der Waals surface area (Å²) in [6, 6.07) is 11.5. The number of nitrogens with two attached hydrogens (primary N) is 2. The molecule has 0 spiro atoms. The first-order chi connectivity index (χ1) is 10.9. The van der Waals surface area contributed by atoms with Crippen molar-refractivity contribution in [2.45, 2.75) is 0 Å². The summed E-state index contributed by atoms with van der Waals surface area (Å²) in [4.78, 5) is 27.2. The Bertz CT molecular complexity index is 719. The molecular weight excluding hydrogens is 302 g/mol. The van der Waals surface area contributed by atoms with E-state index in [2.05, 4.69) is 0 Å². The SMILES string of the molecule is N=C=O.N=C=O.Nc1ccc(-c2ccc(N)cc2[N+](=O)[O-])cc1. The van der Waals surface area contributed by atoms with Crippen LogP contribution in [0.2, 0.25) is 0 Å². The highest BCUT2D eigenvalue weighted by atomic mass is 16.6. The lowest BCUT2D eigenvalue weighted by Gasteiger charge is -2.04. The number of isocyanates is 2. The van der Waals surface area contributed by atoms with Crippen molar-refractivity contribution in [2.75, 3.05) is 11.5 Å². The minimum absolute atomic E-state index is 0.00484. The Morgan fingerprint density at radius 3 is 1.78 bits per heavy atom. The van der Waals surface area contributed by atoms with Crippen molar-refractivity contribution >= 4 is 29.2 Å². The van der Waals surface area contributed by atoms with Crippen LogP contribution in [0.15, 0.2) is 42.5 Å². The molecule has 0 aliphatic heterocycles. The summed E-state index contributed by atoms with van der Waals surface area (Å²) in [5.74, 6) is 0. The quantitative estimate of drug-likeness (QED) is 0.217. The van der Waals surface area contributed by atoms with Gasteiger partial charge in [0.1, 0.15) is 0 Å². The second-order valence-corrected chi connectivity index (χ2v) is 3.86. The number of anilines is 2. The van der Waals surface area contributed by atoms with Crippen LogP contribution in [-0.4, -0.2) is 17.1 Å². The molecule has 2 aromatic carbocycles. The molecule has 9 heteroatoms. The minimum atomic E-state index is -0.442. The maximum absolute atomic E-state index is 10.9. The van der Waals surface area contributed by atoms with Crippen LogP contribution in [0.1, 0.15) is 0 Å². The number of carbonyl (C=O) groups excluding carboxylic acids is 2. The summed E-state index contributed by atoms with van der Waals surface area (Å²) in [5, 5.41) is 21.7. The Morgan fingerprint density at radius 1 is 0.913 bits per heavy atom. The average molecular weight is 315 g/mol. The van der Waals surface area contributed by atoms with Crippen molar-refractivity contribution in [1.29, 1.82) is 10.8 Å². The van der Waals surface area contributed by atoms with Gasteiger partial charge >= 0.3 is 0 Å². The second kappa shape index (κ2) is 10.0. The van der Waals surface area contributed by atoms with Crippen LogP contribution in [0.25, 0.3) is 11.1 Å². The number of benzene rings is 2. The molecule has 0 bridgehead atoms. The van der Waals surface area contributed by atoms with E-state index in [1.165, 1.54) is 6.07 Å². The van der Waals surface area contributed by atoms with E-state index in [1.807, 2.05) is 0 Å². The van der Waals surface area contributed by atoms with Gasteiger partial charge in [0.05, 0.1) is 10.5 Å². The van der Waals surface area contributed by atoms with Crippen LogP contribution >= 0.6 is 0 Å². The molecule has 0 heterocycles. The maximum Gasteiger partial charge on any atom is 0.279 e. The van der Waals surface area contributed by atoms with Gasteiger partial charge in [-0.2, -0.15) is 0 Å². The van der Waals surface area contributed by atoms with Gasteiger partial charge in [-0.25, -0.2) is 20.4 Å². The predicted octanol–water partition coefficient (Wildman–Crippen LogP) is 2.23. The zero-order valence-corrected chi connectivity index (χ0v) is 11.8. The summed E-state index contributed by atoms with van der Waals surface area (Å²) in [7, 11) is 0. The van der Waals surface area contributed by atoms with Crippen molar-refractivity contribution in [3.63, 3.8) is 0 Å². The monoisotopic (exact) mass is 315 g/mol. The number of nitrogens with one attached hydrogen (secondary N) is 2. The molecule has 2 rings (SSSR count). The van der Waals surface area contributed by atoms with E-state index >= 15 is 0 Å². The molecule has 9 nitrogen and oxygen atoms in total. The van der Waals surface area contributed by atoms with Gasteiger partial charge < -0.3 is 11.5 Å². The van der Waals surface area contributed by atoms with E-state index in [0.717, 1.165) is 17.7 Å². The molecule has 0 unspecified atom stereocenters. The highest BCUT2D eigenvalue weighted by molar-refractivity contribution is 5.76. The maximum atomic E-state index is 10.9. The first kappa shape index (κ1) is 19.2. The van der Waals surface area contributed by atoms with Crippen LogP contribution in [0, 0.1) is 20.9 Å². The molecule has 0 saturated carbocycles. The van der Waals surface area contributed by atoms with Gasteiger partial charge in [0.15, 0.2) is 0 Å². The number of hydrogen-bond acceptors (Lipinski definition) is 8. The fraction of sp³-hybridized carbons (Fsp3) is 0. The topological polar surface area (TPSA) is 177 Å². The van der Waals surface area contributed by atoms with E-state index in [0.29, 0.717) is 16.9 Å². The summed E-state index contributed by atoms with van der Waals surface area (Å²) in [5.41, 5.74) is 13.4. The van der Waals surface area contributed by atoms with Gasteiger partial charge in [0.2, 0.25) is 12.2 Å². The molecule has 0 radical (unpaired) electrons. The number of hydrogen-bond donors (Lipinski definition) is 4. The summed E-state index contributed by atoms with van der Waals surface area (Å²) >= 11 is 0. The molecular formula is C14H13N5O4. The van der Waals surface area contributed by atoms with Crippen molar-refractivity contribution < 1.29 is 14.5 Å².